The summed E-state index contributed by atoms with van der Waals surface area (Å²) in [4.78, 5) is 14.1. The van der Waals surface area contributed by atoms with Crippen LogP contribution in [0.15, 0.2) is 17.2 Å². The van der Waals surface area contributed by atoms with Crippen LogP contribution >= 0.6 is 10.7 Å². The third kappa shape index (κ3) is 3.35. The van der Waals surface area contributed by atoms with Crippen LogP contribution < -0.4 is 0 Å². The number of amides is 1. The van der Waals surface area contributed by atoms with Gasteiger partial charge < -0.3 is 9.47 Å². The summed E-state index contributed by atoms with van der Waals surface area (Å²) in [5.41, 5.74) is 0.0238. The van der Waals surface area contributed by atoms with E-state index in [2.05, 4.69) is 0 Å². The van der Waals surface area contributed by atoms with Crippen LogP contribution in [0.5, 0.6) is 0 Å². The monoisotopic (exact) mass is 320 g/mol. The molecular weight excluding hydrogens is 300 g/mol. The van der Waals surface area contributed by atoms with Gasteiger partial charge in [0.15, 0.2) is 0 Å². The predicted molar refractivity (Wildman–Crippen MR) is 79.6 cm³/mol. The summed E-state index contributed by atoms with van der Waals surface area (Å²) < 4.78 is 24.4. The second-order valence-electron chi connectivity index (χ2n) is 5.32. The highest BCUT2D eigenvalue weighted by atomic mass is 35.7. The van der Waals surface area contributed by atoms with Crippen molar-refractivity contribution in [3.8, 4) is 0 Å². The van der Waals surface area contributed by atoms with E-state index < -0.39 is 9.05 Å². The molecule has 0 aliphatic rings. The first kappa shape index (κ1) is 17.0. The number of hydrogen-bond acceptors (Lipinski definition) is 3. The topological polar surface area (TPSA) is 59.4 Å². The Balaban J connectivity index is 3.26. The maximum absolute atomic E-state index is 12.5. The number of halogens is 1. The number of aryl methyl sites for hydroxylation is 1. The lowest BCUT2D eigenvalue weighted by molar-refractivity contribution is 0.0609. The molecule has 0 saturated heterocycles. The van der Waals surface area contributed by atoms with Gasteiger partial charge in [0, 0.05) is 36.0 Å². The number of carbonyl (C=O) groups excluding carboxylic acids is 1. The van der Waals surface area contributed by atoms with Gasteiger partial charge in [-0.15, -0.1) is 0 Å². The Morgan fingerprint density at radius 3 is 2.35 bits per heavy atom. The lowest BCUT2D eigenvalue weighted by Crippen LogP contribution is -2.45. The molecule has 114 valence electrons. The standard InChI is InChI=1S/C13H21ClN2O3S/c1-6-13(3,4)15(5)12(17)11-8-10(20(14,18)19)9-16(11)7-2/h8-9H,6-7H2,1-5H3. The Hall–Kier alpha value is -1.01. The summed E-state index contributed by atoms with van der Waals surface area (Å²) in [6, 6.07) is 1.33. The van der Waals surface area contributed by atoms with Gasteiger partial charge in [-0.3, -0.25) is 4.79 Å². The Morgan fingerprint density at radius 2 is 1.95 bits per heavy atom. The Kier molecular flexibility index (Phi) is 4.92. The summed E-state index contributed by atoms with van der Waals surface area (Å²) in [6.45, 7) is 8.25. The fourth-order valence-corrected chi connectivity index (χ4v) is 2.50. The smallest absolute Gasteiger partial charge is 0.270 e. The first-order valence-corrected chi connectivity index (χ1v) is 8.78. The summed E-state index contributed by atoms with van der Waals surface area (Å²) in [5, 5.41) is 0. The molecule has 7 heteroatoms. The van der Waals surface area contributed by atoms with E-state index in [0.29, 0.717) is 12.2 Å². The maximum atomic E-state index is 12.5. The molecule has 0 fully saturated rings. The summed E-state index contributed by atoms with van der Waals surface area (Å²) in [6.07, 6.45) is 2.19. The number of nitrogens with zero attached hydrogens (tertiary/aromatic N) is 2. The minimum atomic E-state index is -3.83. The molecule has 20 heavy (non-hydrogen) atoms. The third-order valence-electron chi connectivity index (χ3n) is 3.79. The maximum Gasteiger partial charge on any atom is 0.270 e. The minimum absolute atomic E-state index is 0.0490. The van der Waals surface area contributed by atoms with Gasteiger partial charge in [0.05, 0.1) is 0 Å². The van der Waals surface area contributed by atoms with E-state index in [1.54, 1.807) is 16.5 Å². The Bertz CT molecular complexity index is 605. The average Bonchev–Trinajstić information content (AvgIpc) is 2.80. The number of hydrogen-bond donors (Lipinski definition) is 0. The van der Waals surface area contributed by atoms with E-state index in [9.17, 15) is 13.2 Å². The van der Waals surface area contributed by atoms with Crippen molar-refractivity contribution >= 4 is 25.6 Å². The van der Waals surface area contributed by atoms with E-state index in [4.69, 9.17) is 10.7 Å². The van der Waals surface area contributed by atoms with Crippen molar-refractivity contribution in [1.82, 2.24) is 9.47 Å². The molecule has 0 aromatic carbocycles. The molecule has 1 aromatic rings. The second-order valence-corrected chi connectivity index (χ2v) is 7.88. The minimum Gasteiger partial charge on any atom is -0.342 e. The number of aromatic nitrogens is 1. The number of carbonyl (C=O) groups is 1. The van der Waals surface area contributed by atoms with Gasteiger partial charge in [-0.25, -0.2) is 8.42 Å². The zero-order valence-electron chi connectivity index (χ0n) is 12.5. The molecule has 1 heterocycles. The first-order valence-electron chi connectivity index (χ1n) is 6.47. The van der Waals surface area contributed by atoms with Crippen LogP contribution in [-0.2, 0) is 15.6 Å². The van der Waals surface area contributed by atoms with Crippen LogP contribution in [-0.4, -0.2) is 36.4 Å². The largest absolute Gasteiger partial charge is 0.342 e. The van der Waals surface area contributed by atoms with E-state index >= 15 is 0 Å². The lowest BCUT2D eigenvalue weighted by Gasteiger charge is -2.35. The summed E-state index contributed by atoms with van der Waals surface area (Å²) in [5.74, 6) is -0.217. The molecule has 0 aliphatic heterocycles. The van der Waals surface area contributed by atoms with E-state index in [0.717, 1.165) is 6.42 Å². The molecule has 0 bridgehead atoms. The fraction of sp³-hybridized carbons (Fsp3) is 0.615. The summed E-state index contributed by atoms with van der Waals surface area (Å²) in [7, 11) is 3.22. The quantitative estimate of drug-likeness (QED) is 0.784. The highest BCUT2D eigenvalue weighted by Crippen LogP contribution is 2.23. The van der Waals surface area contributed by atoms with Crippen molar-refractivity contribution < 1.29 is 13.2 Å². The SMILES string of the molecule is CCn1cc(S(=O)(=O)Cl)cc1C(=O)N(C)C(C)(C)CC. The molecule has 1 aromatic heterocycles. The molecule has 5 nitrogen and oxygen atoms in total. The normalized spacial score (nSPS) is 12.5. The van der Waals surface area contributed by atoms with Crippen LogP contribution in [0.2, 0.25) is 0 Å². The zero-order valence-corrected chi connectivity index (χ0v) is 14.0. The van der Waals surface area contributed by atoms with Crippen molar-refractivity contribution in [2.24, 2.45) is 0 Å². The van der Waals surface area contributed by atoms with Crippen LogP contribution in [0.1, 0.15) is 44.6 Å². The van der Waals surface area contributed by atoms with Crippen molar-refractivity contribution in [1.29, 1.82) is 0 Å². The molecule has 0 aliphatic carbocycles. The van der Waals surface area contributed by atoms with Crippen molar-refractivity contribution in [3.63, 3.8) is 0 Å². The second kappa shape index (κ2) is 5.77. The van der Waals surface area contributed by atoms with Gasteiger partial charge in [-0.1, -0.05) is 6.92 Å². The predicted octanol–water partition coefficient (Wildman–Crippen LogP) is 2.70. The van der Waals surface area contributed by atoms with Crippen molar-refractivity contribution in [2.45, 2.75) is 51.1 Å². The molecule has 0 spiro atoms. The average molecular weight is 321 g/mol. The zero-order chi connectivity index (χ0) is 15.7. The lowest BCUT2D eigenvalue weighted by atomic mass is 9.99. The van der Waals surface area contributed by atoms with Crippen molar-refractivity contribution in [3.05, 3.63) is 18.0 Å². The molecular formula is C13H21ClN2O3S. The van der Waals surface area contributed by atoms with Gasteiger partial charge >= 0.3 is 0 Å². The Morgan fingerprint density at radius 1 is 1.40 bits per heavy atom. The number of rotatable bonds is 5. The van der Waals surface area contributed by atoms with Crippen LogP contribution in [0.4, 0.5) is 0 Å². The fourth-order valence-electron chi connectivity index (χ4n) is 1.74. The summed E-state index contributed by atoms with van der Waals surface area (Å²) >= 11 is 0. The van der Waals surface area contributed by atoms with Gasteiger partial charge in [0.25, 0.3) is 15.0 Å². The van der Waals surface area contributed by atoms with Crippen LogP contribution in [0.25, 0.3) is 0 Å². The van der Waals surface area contributed by atoms with Gasteiger partial charge in [0.1, 0.15) is 10.6 Å². The third-order valence-corrected chi connectivity index (χ3v) is 5.11. The van der Waals surface area contributed by atoms with Crippen LogP contribution in [0.3, 0.4) is 0 Å². The van der Waals surface area contributed by atoms with Crippen molar-refractivity contribution in [2.75, 3.05) is 7.05 Å². The molecule has 0 radical (unpaired) electrons. The molecule has 1 rings (SSSR count). The highest BCUT2D eigenvalue weighted by molar-refractivity contribution is 8.13. The highest BCUT2D eigenvalue weighted by Gasteiger charge is 2.29. The van der Waals surface area contributed by atoms with Gasteiger partial charge in [-0.2, -0.15) is 0 Å². The molecule has 0 saturated carbocycles. The first-order chi connectivity index (χ1) is 9.04. The van der Waals surface area contributed by atoms with Gasteiger partial charge in [0.2, 0.25) is 0 Å². The molecule has 0 N–H and O–H groups in total. The van der Waals surface area contributed by atoms with Gasteiger partial charge in [-0.05, 0) is 33.3 Å². The van der Waals surface area contributed by atoms with E-state index in [1.807, 2.05) is 27.7 Å². The molecule has 0 unspecified atom stereocenters. The van der Waals surface area contributed by atoms with Crippen LogP contribution in [0, 0.1) is 0 Å². The molecule has 0 atom stereocenters. The molecule has 1 amide bonds. The van der Waals surface area contributed by atoms with E-state index in [1.165, 1.54) is 12.3 Å². The van der Waals surface area contributed by atoms with E-state index in [-0.39, 0.29) is 16.3 Å². The Labute approximate surface area is 124 Å².